The van der Waals surface area contributed by atoms with Gasteiger partial charge in [-0.2, -0.15) is 0 Å². The molecule has 2 heterocycles. The van der Waals surface area contributed by atoms with Crippen molar-refractivity contribution in [3.63, 3.8) is 0 Å². The summed E-state index contributed by atoms with van der Waals surface area (Å²) in [6.07, 6.45) is 1.91. The van der Waals surface area contributed by atoms with Crippen molar-refractivity contribution in [1.29, 1.82) is 0 Å². The van der Waals surface area contributed by atoms with Gasteiger partial charge in [-0.1, -0.05) is 48.5 Å². The molecule has 3 aromatic carbocycles. The number of piperazine rings is 1. The Morgan fingerprint density at radius 3 is 1.88 bits per heavy atom. The summed E-state index contributed by atoms with van der Waals surface area (Å²) in [6, 6.07) is 24.8. The third-order valence-electron chi connectivity index (χ3n) is 6.54. The Morgan fingerprint density at radius 1 is 0.750 bits per heavy atom. The Kier molecular flexibility index (Phi) is 5.82. The minimum Gasteiger partial charge on any atom is -0.495 e. The van der Waals surface area contributed by atoms with E-state index >= 15 is 0 Å². The first-order valence-electron chi connectivity index (χ1n) is 11.3. The van der Waals surface area contributed by atoms with Crippen molar-refractivity contribution < 1.29 is 9.53 Å². The second kappa shape index (κ2) is 9.05. The first kappa shape index (κ1) is 20.6. The van der Waals surface area contributed by atoms with Crippen molar-refractivity contribution in [2.24, 2.45) is 0 Å². The largest absolute Gasteiger partial charge is 0.495 e. The Labute approximate surface area is 189 Å². The summed E-state index contributed by atoms with van der Waals surface area (Å²) in [6.45, 7) is 3.87. The SMILES string of the molecule is COc1ccccc1N1CCN(CC(=O)N2c3ccccc3CCc3ccccc32)CC1. The molecule has 0 saturated carbocycles. The number of rotatable bonds is 4. The highest BCUT2D eigenvalue weighted by molar-refractivity contribution is 6.03. The predicted molar refractivity (Wildman–Crippen MR) is 129 cm³/mol. The molecule has 0 aliphatic carbocycles. The average molecular weight is 428 g/mol. The molecule has 5 rings (SSSR count). The van der Waals surface area contributed by atoms with E-state index in [-0.39, 0.29) is 5.91 Å². The lowest BCUT2D eigenvalue weighted by molar-refractivity contribution is -0.119. The number of aryl methyl sites for hydroxylation is 2. The van der Waals surface area contributed by atoms with Crippen LogP contribution in [-0.4, -0.2) is 50.6 Å². The summed E-state index contributed by atoms with van der Waals surface area (Å²) in [7, 11) is 1.71. The Bertz CT molecular complexity index is 1060. The van der Waals surface area contributed by atoms with E-state index in [1.807, 2.05) is 35.2 Å². The zero-order valence-corrected chi connectivity index (χ0v) is 18.5. The number of carbonyl (C=O) groups is 1. The highest BCUT2D eigenvalue weighted by Crippen LogP contribution is 2.36. The maximum absolute atomic E-state index is 13.6. The summed E-state index contributed by atoms with van der Waals surface area (Å²) in [5.41, 5.74) is 5.64. The molecule has 0 aromatic heterocycles. The molecule has 2 aliphatic rings. The normalized spacial score (nSPS) is 16.2. The van der Waals surface area contributed by atoms with Gasteiger partial charge in [0.1, 0.15) is 5.75 Å². The third kappa shape index (κ3) is 3.96. The van der Waals surface area contributed by atoms with Crippen molar-refractivity contribution in [1.82, 2.24) is 4.90 Å². The van der Waals surface area contributed by atoms with Crippen molar-refractivity contribution in [2.75, 3.05) is 49.6 Å². The molecule has 0 unspecified atom stereocenters. The Balaban J connectivity index is 1.33. The van der Waals surface area contributed by atoms with Gasteiger partial charge in [-0.15, -0.1) is 0 Å². The number of ether oxygens (including phenoxy) is 1. The van der Waals surface area contributed by atoms with Gasteiger partial charge in [0.15, 0.2) is 0 Å². The molecule has 1 fully saturated rings. The van der Waals surface area contributed by atoms with Gasteiger partial charge in [0, 0.05) is 26.2 Å². The zero-order chi connectivity index (χ0) is 21.9. The second-order valence-electron chi connectivity index (χ2n) is 8.42. The number of carbonyl (C=O) groups excluding carboxylic acids is 1. The molecule has 2 aliphatic heterocycles. The summed E-state index contributed by atoms with van der Waals surface area (Å²) in [5, 5.41) is 0. The van der Waals surface area contributed by atoms with Crippen LogP contribution >= 0.6 is 0 Å². The van der Waals surface area contributed by atoms with Crippen LogP contribution in [0.2, 0.25) is 0 Å². The fourth-order valence-electron chi connectivity index (χ4n) is 4.85. The average Bonchev–Trinajstić information content (AvgIpc) is 3.01. The van der Waals surface area contributed by atoms with Gasteiger partial charge in [-0.25, -0.2) is 0 Å². The lowest BCUT2D eigenvalue weighted by Gasteiger charge is -2.37. The molecule has 1 saturated heterocycles. The number of methoxy groups -OCH3 is 1. The first-order valence-corrected chi connectivity index (χ1v) is 11.3. The second-order valence-corrected chi connectivity index (χ2v) is 8.42. The van der Waals surface area contributed by atoms with Crippen LogP contribution < -0.4 is 14.5 Å². The molecule has 164 valence electrons. The van der Waals surface area contributed by atoms with E-state index in [1.165, 1.54) is 11.1 Å². The third-order valence-corrected chi connectivity index (χ3v) is 6.54. The summed E-state index contributed by atoms with van der Waals surface area (Å²) in [4.78, 5) is 20.2. The van der Waals surface area contributed by atoms with E-state index in [0.29, 0.717) is 6.54 Å². The Morgan fingerprint density at radius 2 is 1.28 bits per heavy atom. The van der Waals surface area contributed by atoms with Gasteiger partial charge >= 0.3 is 0 Å². The first-order chi connectivity index (χ1) is 15.7. The molecule has 3 aromatic rings. The van der Waals surface area contributed by atoms with Gasteiger partial charge in [-0.05, 0) is 48.2 Å². The van der Waals surface area contributed by atoms with Crippen LogP contribution in [0.25, 0.3) is 0 Å². The predicted octanol–water partition coefficient (Wildman–Crippen LogP) is 4.28. The van der Waals surface area contributed by atoms with Gasteiger partial charge < -0.3 is 9.64 Å². The highest BCUT2D eigenvalue weighted by Gasteiger charge is 2.28. The van der Waals surface area contributed by atoms with Gasteiger partial charge in [0.2, 0.25) is 5.91 Å². The standard InChI is InChI=1S/C27H29N3O2/c1-32-26-13-7-6-12-25(26)29-18-16-28(17-19-29)20-27(31)30-23-10-4-2-8-21(23)14-15-22-9-3-5-11-24(22)30/h2-13H,14-20H2,1H3. The molecule has 0 bridgehead atoms. The van der Waals surface area contributed by atoms with Crippen molar-refractivity contribution >= 4 is 23.0 Å². The van der Waals surface area contributed by atoms with E-state index in [1.54, 1.807) is 7.11 Å². The summed E-state index contributed by atoms with van der Waals surface area (Å²) < 4.78 is 5.53. The molecule has 0 spiro atoms. The van der Waals surface area contributed by atoms with Crippen LogP contribution in [-0.2, 0) is 17.6 Å². The quantitative estimate of drug-likeness (QED) is 0.623. The number of hydrogen-bond donors (Lipinski definition) is 0. The van der Waals surface area contributed by atoms with Crippen LogP contribution in [0.5, 0.6) is 5.75 Å². The summed E-state index contributed by atoms with van der Waals surface area (Å²) >= 11 is 0. The van der Waals surface area contributed by atoms with Crippen LogP contribution in [0.4, 0.5) is 17.1 Å². The monoisotopic (exact) mass is 427 g/mol. The highest BCUT2D eigenvalue weighted by atomic mass is 16.5. The molecule has 32 heavy (non-hydrogen) atoms. The van der Waals surface area contributed by atoms with Crippen LogP contribution in [0.15, 0.2) is 72.8 Å². The molecule has 0 N–H and O–H groups in total. The molecular formula is C27H29N3O2. The molecule has 5 nitrogen and oxygen atoms in total. The van der Waals surface area contributed by atoms with Crippen LogP contribution in [0, 0.1) is 0 Å². The van der Waals surface area contributed by atoms with Crippen molar-refractivity contribution in [2.45, 2.75) is 12.8 Å². The van der Waals surface area contributed by atoms with Crippen LogP contribution in [0.3, 0.4) is 0 Å². The number of benzene rings is 3. The number of nitrogens with zero attached hydrogens (tertiary/aromatic N) is 3. The Hall–Kier alpha value is -3.31. The van der Waals surface area contributed by atoms with Crippen LogP contribution in [0.1, 0.15) is 11.1 Å². The van der Waals surface area contributed by atoms with E-state index in [0.717, 1.165) is 61.8 Å². The molecular weight excluding hydrogens is 398 g/mol. The topological polar surface area (TPSA) is 36.0 Å². The van der Waals surface area contributed by atoms with E-state index < -0.39 is 0 Å². The van der Waals surface area contributed by atoms with E-state index in [4.69, 9.17) is 4.74 Å². The molecule has 1 amide bonds. The number of amides is 1. The lowest BCUT2D eigenvalue weighted by Crippen LogP contribution is -2.49. The fraction of sp³-hybridized carbons (Fsp3) is 0.296. The van der Waals surface area contributed by atoms with Gasteiger partial charge in [-0.3, -0.25) is 14.6 Å². The summed E-state index contributed by atoms with van der Waals surface area (Å²) in [5.74, 6) is 1.03. The molecule has 5 heteroatoms. The lowest BCUT2D eigenvalue weighted by atomic mass is 10.0. The van der Waals surface area contributed by atoms with E-state index in [2.05, 4.69) is 52.3 Å². The van der Waals surface area contributed by atoms with Gasteiger partial charge in [0.05, 0.1) is 30.7 Å². The minimum atomic E-state index is 0.137. The minimum absolute atomic E-state index is 0.137. The van der Waals surface area contributed by atoms with Crippen molar-refractivity contribution in [3.8, 4) is 5.75 Å². The smallest absolute Gasteiger partial charge is 0.245 e. The number of fused-ring (bicyclic) bond motifs is 2. The zero-order valence-electron chi connectivity index (χ0n) is 18.5. The number of para-hydroxylation sites is 4. The fourth-order valence-corrected chi connectivity index (χ4v) is 4.85. The maximum atomic E-state index is 13.6. The number of hydrogen-bond acceptors (Lipinski definition) is 4. The molecule has 0 radical (unpaired) electrons. The number of anilines is 3. The van der Waals surface area contributed by atoms with E-state index in [9.17, 15) is 4.79 Å². The van der Waals surface area contributed by atoms with Gasteiger partial charge in [0.25, 0.3) is 0 Å². The molecule has 0 atom stereocenters. The maximum Gasteiger partial charge on any atom is 0.245 e. The van der Waals surface area contributed by atoms with Crippen molar-refractivity contribution in [3.05, 3.63) is 83.9 Å².